The van der Waals surface area contributed by atoms with Crippen molar-refractivity contribution in [3.8, 4) is 5.75 Å². The first-order valence-electron chi connectivity index (χ1n) is 9.76. The number of carbonyl (C=O) groups excluding carboxylic acids is 2. The summed E-state index contributed by atoms with van der Waals surface area (Å²) >= 11 is 0. The molecule has 2 aromatic rings. The molecule has 1 fully saturated rings. The maximum atomic E-state index is 13.0. The number of amides is 2. The van der Waals surface area contributed by atoms with Gasteiger partial charge in [0.05, 0.1) is 13.2 Å². The van der Waals surface area contributed by atoms with Crippen LogP contribution in [0, 0.1) is 5.82 Å². The van der Waals surface area contributed by atoms with Crippen molar-refractivity contribution in [1.29, 1.82) is 0 Å². The van der Waals surface area contributed by atoms with Crippen LogP contribution in [0.25, 0.3) is 0 Å². The molecule has 3 N–H and O–H groups in total. The summed E-state index contributed by atoms with van der Waals surface area (Å²) < 4.78 is 18.3. The van der Waals surface area contributed by atoms with Crippen molar-refractivity contribution in [1.82, 2.24) is 25.1 Å². The molecule has 10 nitrogen and oxygen atoms in total. The highest BCUT2D eigenvalue weighted by molar-refractivity contribution is 5.97. The summed E-state index contributed by atoms with van der Waals surface area (Å²) in [6.07, 6.45) is 0. The predicted molar refractivity (Wildman–Crippen MR) is 108 cm³/mol. The minimum Gasteiger partial charge on any atom is -0.501 e. The number of aromatic hydroxyl groups is 1. The van der Waals surface area contributed by atoms with Crippen molar-refractivity contribution in [2.24, 2.45) is 0 Å². The van der Waals surface area contributed by atoms with Crippen LogP contribution in [0.15, 0.2) is 29.1 Å². The number of halogens is 1. The Morgan fingerprint density at radius 1 is 1.29 bits per heavy atom. The van der Waals surface area contributed by atoms with Crippen LogP contribution in [-0.4, -0.2) is 83.1 Å². The number of morpholine rings is 1. The molecule has 11 heteroatoms. The summed E-state index contributed by atoms with van der Waals surface area (Å²) in [6, 6.07) is 5.46. The normalized spacial score (nSPS) is 14.3. The molecule has 0 aliphatic carbocycles. The van der Waals surface area contributed by atoms with Crippen LogP contribution in [0.3, 0.4) is 0 Å². The largest absolute Gasteiger partial charge is 0.501 e. The maximum absolute atomic E-state index is 13.0. The molecule has 1 aromatic carbocycles. The number of hydrogen-bond donors (Lipinski definition) is 3. The fourth-order valence-corrected chi connectivity index (χ4v) is 2.99. The predicted octanol–water partition coefficient (Wildman–Crippen LogP) is -0.0512. The molecule has 0 atom stereocenters. The van der Waals surface area contributed by atoms with Crippen molar-refractivity contribution < 1.29 is 23.8 Å². The highest BCUT2D eigenvalue weighted by atomic mass is 19.1. The van der Waals surface area contributed by atoms with Gasteiger partial charge < -0.3 is 20.1 Å². The highest BCUT2D eigenvalue weighted by Crippen LogP contribution is 2.10. The third-order valence-corrected chi connectivity index (χ3v) is 4.88. The molecule has 1 saturated heterocycles. The second-order valence-corrected chi connectivity index (χ2v) is 7.10. The molecule has 0 spiro atoms. The van der Waals surface area contributed by atoms with E-state index in [1.165, 1.54) is 29.2 Å². The van der Waals surface area contributed by atoms with Crippen molar-refractivity contribution in [3.05, 3.63) is 57.5 Å². The Morgan fingerprint density at radius 3 is 2.65 bits per heavy atom. The van der Waals surface area contributed by atoms with Crippen LogP contribution in [0.2, 0.25) is 0 Å². The molecule has 0 saturated carbocycles. The lowest BCUT2D eigenvalue weighted by Crippen LogP contribution is -2.42. The number of ether oxygens (including phenoxy) is 1. The summed E-state index contributed by atoms with van der Waals surface area (Å²) in [7, 11) is 1.56. The summed E-state index contributed by atoms with van der Waals surface area (Å²) in [6.45, 7) is 3.86. The zero-order valence-corrected chi connectivity index (χ0v) is 17.1. The molecule has 2 amide bonds. The third kappa shape index (κ3) is 5.86. The van der Waals surface area contributed by atoms with Gasteiger partial charge in [-0.25, -0.2) is 9.37 Å². The van der Waals surface area contributed by atoms with Gasteiger partial charge in [0.1, 0.15) is 5.82 Å². The summed E-state index contributed by atoms with van der Waals surface area (Å²) in [4.78, 5) is 46.8. The Morgan fingerprint density at radius 2 is 1.97 bits per heavy atom. The average molecular weight is 433 g/mol. The van der Waals surface area contributed by atoms with E-state index in [1.54, 1.807) is 7.05 Å². The molecule has 2 heterocycles. The van der Waals surface area contributed by atoms with Crippen LogP contribution >= 0.6 is 0 Å². The van der Waals surface area contributed by atoms with Gasteiger partial charge >= 0.3 is 0 Å². The van der Waals surface area contributed by atoms with Crippen LogP contribution in [0.5, 0.6) is 5.75 Å². The minimum atomic E-state index is -0.994. The summed E-state index contributed by atoms with van der Waals surface area (Å²) in [5.41, 5.74) is -0.944. The van der Waals surface area contributed by atoms with Crippen molar-refractivity contribution >= 4 is 11.8 Å². The van der Waals surface area contributed by atoms with Gasteiger partial charge in [0.2, 0.25) is 5.75 Å². The first kappa shape index (κ1) is 22.4. The number of likely N-dealkylation sites (N-methyl/N-ethyl adjacent to an activating group) is 1. The molecule has 3 rings (SSSR count). The van der Waals surface area contributed by atoms with E-state index in [-0.39, 0.29) is 12.4 Å². The molecular formula is C20H24FN5O5. The van der Waals surface area contributed by atoms with E-state index in [9.17, 15) is 23.9 Å². The van der Waals surface area contributed by atoms with Crippen LogP contribution in [0.4, 0.5) is 4.39 Å². The number of benzene rings is 1. The van der Waals surface area contributed by atoms with Gasteiger partial charge in [0.15, 0.2) is 11.5 Å². The van der Waals surface area contributed by atoms with E-state index < -0.39 is 34.6 Å². The minimum absolute atomic E-state index is 0.0236. The SMILES string of the molecule is CN(CCN1CCOCC1)C(=O)c1nc(C(=O)NCc2ccc(F)cc2)c(O)c(=O)[nH]1. The van der Waals surface area contributed by atoms with Crippen LogP contribution < -0.4 is 10.9 Å². The Kier molecular flexibility index (Phi) is 7.32. The van der Waals surface area contributed by atoms with Crippen molar-refractivity contribution in [2.75, 3.05) is 46.4 Å². The molecule has 0 radical (unpaired) electrons. The summed E-state index contributed by atoms with van der Waals surface area (Å²) in [5.74, 6) is -3.07. The first-order valence-corrected chi connectivity index (χ1v) is 9.76. The lowest BCUT2D eigenvalue weighted by Gasteiger charge is -2.28. The van der Waals surface area contributed by atoms with Gasteiger partial charge in [0.25, 0.3) is 17.4 Å². The Balaban J connectivity index is 1.67. The Hall–Kier alpha value is -3.31. The zero-order valence-electron chi connectivity index (χ0n) is 17.1. The first-order chi connectivity index (χ1) is 14.8. The molecular weight excluding hydrogens is 409 g/mol. The van der Waals surface area contributed by atoms with E-state index in [0.29, 0.717) is 31.9 Å². The van der Waals surface area contributed by atoms with Crippen LogP contribution in [-0.2, 0) is 11.3 Å². The number of rotatable bonds is 7. The number of aromatic nitrogens is 2. The van der Waals surface area contributed by atoms with E-state index in [4.69, 9.17) is 4.74 Å². The van der Waals surface area contributed by atoms with Gasteiger partial charge in [-0.3, -0.25) is 24.3 Å². The van der Waals surface area contributed by atoms with E-state index in [0.717, 1.165) is 13.1 Å². The standard InChI is InChI=1S/C20H24FN5O5/c1-25(6-7-26-8-10-31-11-9-26)20(30)17-23-15(16(27)19(29)24-17)18(28)22-12-13-2-4-14(21)5-3-13/h2-5,27H,6-12H2,1H3,(H,22,28)(H,23,24,29). The van der Waals surface area contributed by atoms with Crippen LogP contribution in [0.1, 0.15) is 26.7 Å². The highest BCUT2D eigenvalue weighted by Gasteiger charge is 2.23. The average Bonchev–Trinajstić information content (AvgIpc) is 2.78. The van der Waals surface area contributed by atoms with Gasteiger partial charge in [-0.05, 0) is 17.7 Å². The quantitative estimate of drug-likeness (QED) is 0.559. The smallest absolute Gasteiger partial charge is 0.294 e. The fourth-order valence-electron chi connectivity index (χ4n) is 2.99. The Bertz CT molecular complexity index is 988. The molecule has 1 aromatic heterocycles. The number of hydrogen-bond acceptors (Lipinski definition) is 7. The van der Waals surface area contributed by atoms with E-state index >= 15 is 0 Å². The number of nitrogens with one attached hydrogen (secondary N) is 2. The number of nitrogens with zero attached hydrogens (tertiary/aromatic N) is 3. The number of aromatic amines is 1. The lowest BCUT2D eigenvalue weighted by atomic mass is 10.2. The molecule has 1 aliphatic rings. The molecule has 0 bridgehead atoms. The van der Waals surface area contributed by atoms with Gasteiger partial charge in [-0.15, -0.1) is 0 Å². The summed E-state index contributed by atoms with van der Waals surface area (Å²) in [5, 5.41) is 12.4. The fraction of sp³-hybridized carbons (Fsp3) is 0.400. The van der Waals surface area contributed by atoms with Gasteiger partial charge in [-0.1, -0.05) is 12.1 Å². The molecule has 31 heavy (non-hydrogen) atoms. The number of carbonyl (C=O) groups is 2. The molecule has 166 valence electrons. The van der Waals surface area contributed by atoms with Gasteiger partial charge in [0, 0.05) is 39.8 Å². The monoisotopic (exact) mass is 433 g/mol. The van der Waals surface area contributed by atoms with Crippen molar-refractivity contribution in [3.63, 3.8) is 0 Å². The van der Waals surface area contributed by atoms with Gasteiger partial charge in [-0.2, -0.15) is 0 Å². The van der Waals surface area contributed by atoms with Crippen molar-refractivity contribution in [2.45, 2.75) is 6.54 Å². The Labute approximate surface area is 177 Å². The second-order valence-electron chi connectivity index (χ2n) is 7.10. The topological polar surface area (TPSA) is 128 Å². The maximum Gasteiger partial charge on any atom is 0.294 e. The second kappa shape index (κ2) is 10.1. The zero-order chi connectivity index (χ0) is 22.4. The molecule has 0 unspecified atom stereocenters. The van der Waals surface area contributed by atoms with E-state index in [2.05, 4.69) is 20.2 Å². The molecule has 1 aliphatic heterocycles. The van der Waals surface area contributed by atoms with E-state index in [1.807, 2.05) is 0 Å². The third-order valence-electron chi connectivity index (χ3n) is 4.88. The lowest BCUT2D eigenvalue weighted by molar-refractivity contribution is 0.0337. The number of H-pyrrole nitrogens is 1.